The molecule has 1 aromatic carbocycles. The van der Waals surface area contributed by atoms with E-state index in [1.54, 1.807) is 18.5 Å². The Labute approximate surface area is 144 Å². The number of carbonyl (C=O) groups is 1. The Morgan fingerprint density at radius 1 is 1.24 bits per heavy atom. The molecule has 4 aromatic rings. The number of nitrogens with one attached hydrogen (secondary N) is 1. The van der Waals surface area contributed by atoms with Crippen LogP contribution in [-0.4, -0.2) is 20.4 Å². The van der Waals surface area contributed by atoms with Gasteiger partial charge in [-0.3, -0.25) is 4.79 Å². The summed E-state index contributed by atoms with van der Waals surface area (Å²) in [7, 11) is 0. The zero-order valence-corrected chi connectivity index (χ0v) is 14.1. The van der Waals surface area contributed by atoms with Crippen LogP contribution in [0.3, 0.4) is 0 Å². The van der Waals surface area contributed by atoms with E-state index in [0.29, 0.717) is 17.3 Å². The summed E-state index contributed by atoms with van der Waals surface area (Å²) in [4.78, 5) is 21.5. The van der Waals surface area contributed by atoms with E-state index in [0.717, 1.165) is 23.0 Å². The Kier molecular flexibility index (Phi) is 3.72. The van der Waals surface area contributed by atoms with Gasteiger partial charge in [-0.05, 0) is 24.1 Å². The van der Waals surface area contributed by atoms with Crippen molar-refractivity contribution in [1.82, 2.24) is 14.5 Å². The Morgan fingerprint density at radius 2 is 2.08 bits per heavy atom. The number of para-hydroxylation sites is 1. The number of amides is 1. The largest absolute Gasteiger partial charge is 0.459 e. The minimum absolute atomic E-state index is 0.240. The molecule has 1 amide bonds. The van der Waals surface area contributed by atoms with Gasteiger partial charge in [-0.15, -0.1) is 0 Å². The molecule has 0 unspecified atom stereocenters. The van der Waals surface area contributed by atoms with Crippen LogP contribution < -0.4 is 5.32 Å². The van der Waals surface area contributed by atoms with E-state index in [4.69, 9.17) is 4.42 Å². The van der Waals surface area contributed by atoms with Crippen LogP contribution in [0.15, 0.2) is 53.4 Å². The molecule has 0 spiro atoms. The van der Waals surface area contributed by atoms with E-state index in [1.807, 2.05) is 24.3 Å². The van der Waals surface area contributed by atoms with Crippen molar-refractivity contribution in [3.8, 4) is 0 Å². The fourth-order valence-corrected chi connectivity index (χ4v) is 2.98. The molecule has 126 valence electrons. The summed E-state index contributed by atoms with van der Waals surface area (Å²) in [5.74, 6) is 0.820. The number of rotatable bonds is 4. The molecule has 0 aliphatic carbocycles. The second-order valence-electron chi connectivity index (χ2n) is 6.40. The van der Waals surface area contributed by atoms with Gasteiger partial charge in [0.25, 0.3) is 5.91 Å². The normalized spacial score (nSPS) is 11.5. The number of benzene rings is 1. The number of pyridine rings is 1. The van der Waals surface area contributed by atoms with Gasteiger partial charge < -0.3 is 14.3 Å². The lowest BCUT2D eigenvalue weighted by Gasteiger charge is -2.11. The number of nitrogens with zero attached hydrogens (tertiary/aromatic N) is 3. The van der Waals surface area contributed by atoms with Crippen LogP contribution >= 0.6 is 0 Å². The lowest BCUT2D eigenvalue weighted by molar-refractivity contribution is 0.0996. The summed E-state index contributed by atoms with van der Waals surface area (Å²) in [5.41, 5.74) is 2.48. The second kappa shape index (κ2) is 6.05. The van der Waals surface area contributed by atoms with Crippen molar-refractivity contribution in [2.24, 2.45) is 5.92 Å². The monoisotopic (exact) mass is 334 g/mol. The highest BCUT2D eigenvalue weighted by Crippen LogP contribution is 2.29. The number of aromatic nitrogens is 3. The highest BCUT2D eigenvalue weighted by molar-refractivity contribution is 6.11. The van der Waals surface area contributed by atoms with Crippen molar-refractivity contribution < 1.29 is 9.21 Å². The third kappa shape index (κ3) is 2.76. The van der Waals surface area contributed by atoms with Gasteiger partial charge >= 0.3 is 0 Å². The first kappa shape index (κ1) is 15.4. The van der Waals surface area contributed by atoms with E-state index >= 15 is 0 Å². The Hall–Kier alpha value is -3.15. The highest BCUT2D eigenvalue weighted by atomic mass is 16.3. The van der Waals surface area contributed by atoms with Crippen LogP contribution in [-0.2, 0) is 6.54 Å². The predicted octanol–water partition coefficient (Wildman–Crippen LogP) is 4.09. The van der Waals surface area contributed by atoms with Crippen LogP contribution in [0.2, 0.25) is 0 Å². The van der Waals surface area contributed by atoms with E-state index in [1.165, 1.54) is 6.26 Å². The fourth-order valence-electron chi connectivity index (χ4n) is 2.98. The summed E-state index contributed by atoms with van der Waals surface area (Å²) in [6.45, 7) is 5.17. The summed E-state index contributed by atoms with van der Waals surface area (Å²) in [6.07, 6.45) is 3.27. The van der Waals surface area contributed by atoms with Crippen molar-refractivity contribution in [2.45, 2.75) is 20.4 Å². The molecular weight excluding hydrogens is 316 g/mol. The smallest absolute Gasteiger partial charge is 0.292 e. The molecule has 3 aromatic heterocycles. The van der Waals surface area contributed by atoms with Gasteiger partial charge in [0.05, 0.1) is 23.6 Å². The number of anilines is 1. The van der Waals surface area contributed by atoms with E-state index in [9.17, 15) is 4.79 Å². The molecule has 0 radical (unpaired) electrons. The molecule has 0 fully saturated rings. The average molecular weight is 334 g/mol. The first-order valence-electron chi connectivity index (χ1n) is 8.22. The first-order valence-corrected chi connectivity index (χ1v) is 8.22. The van der Waals surface area contributed by atoms with Gasteiger partial charge in [0.2, 0.25) is 0 Å². The number of furan rings is 1. The number of fused-ring (bicyclic) bond motifs is 3. The van der Waals surface area contributed by atoms with Gasteiger partial charge in [0, 0.05) is 11.9 Å². The van der Waals surface area contributed by atoms with Crippen molar-refractivity contribution in [3.63, 3.8) is 0 Å². The molecule has 0 bridgehead atoms. The molecule has 6 heteroatoms. The molecule has 0 aliphatic rings. The highest BCUT2D eigenvalue weighted by Gasteiger charge is 2.17. The maximum atomic E-state index is 12.4. The molecule has 25 heavy (non-hydrogen) atoms. The summed E-state index contributed by atoms with van der Waals surface area (Å²) < 4.78 is 7.28. The van der Waals surface area contributed by atoms with Gasteiger partial charge in [-0.2, -0.15) is 0 Å². The van der Waals surface area contributed by atoms with Crippen molar-refractivity contribution in [1.29, 1.82) is 0 Å². The van der Waals surface area contributed by atoms with Crippen LogP contribution in [0.1, 0.15) is 24.4 Å². The van der Waals surface area contributed by atoms with Crippen LogP contribution in [0, 0.1) is 5.92 Å². The molecule has 6 nitrogen and oxygen atoms in total. The third-order valence-corrected chi connectivity index (χ3v) is 3.99. The minimum atomic E-state index is -0.340. The van der Waals surface area contributed by atoms with E-state index < -0.39 is 0 Å². The van der Waals surface area contributed by atoms with Crippen molar-refractivity contribution in [2.75, 3.05) is 5.32 Å². The van der Waals surface area contributed by atoms with Crippen molar-refractivity contribution in [3.05, 3.63) is 54.7 Å². The Balaban J connectivity index is 1.88. The molecule has 3 heterocycles. The Morgan fingerprint density at radius 3 is 2.84 bits per heavy atom. The lowest BCUT2D eigenvalue weighted by atomic mass is 10.1. The molecule has 1 N–H and O–H groups in total. The second-order valence-corrected chi connectivity index (χ2v) is 6.40. The van der Waals surface area contributed by atoms with Gasteiger partial charge in [-0.1, -0.05) is 32.0 Å². The molecule has 0 aliphatic heterocycles. The van der Waals surface area contributed by atoms with Crippen molar-refractivity contribution >= 4 is 33.7 Å². The fraction of sp³-hybridized carbons (Fsp3) is 0.211. The zero-order chi connectivity index (χ0) is 17.4. The number of carbonyl (C=O) groups excluding carboxylic acids is 1. The Bertz CT molecular complexity index is 1050. The molecule has 0 saturated carbocycles. The molecule has 4 rings (SSSR count). The molecular formula is C19H18N4O2. The summed E-state index contributed by atoms with van der Waals surface area (Å²) in [6, 6.07) is 11.2. The topological polar surface area (TPSA) is 73.0 Å². The predicted molar refractivity (Wildman–Crippen MR) is 96.5 cm³/mol. The number of imidazole rings is 1. The van der Waals surface area contributed by atoms with Crippen LogP contribution in [0.25, 0.3) is 21.9 Å². The SMILES string of the molecule is CC(C)Cn1cnc2c(NC(=O)c3ccco3)nc3ccccc3c21. The van der Waals surface area contributed by atoms with E-state index in [-0.39, 0.29) is 11.7 Å². The quantitative estimate of drug-likeness (QED) is 0.610. The standard InChI is InChI=1S/C19H18N4O2/c1-12(2)10-23-11-20-16-17(23)13-6-3-4-7-14(13)21-18(16)22-19(24)15-8-5-9-25-15/h3-9,11-12H,10H2,1-2H3,(H,21,22,24). The first-order chi connectivity index (χ1) is 12.1. The number of hydrogen-bond donors (Lipinski definition) is 1. The minimum Gasteiger partial charge on any atom is -0.459 e. The van der Waals surface area contributed by atoms with Gasteiger partial charge in [0.1, 0.15) is 5.52 Å². The molecule has 0 saturated heterocycles. The number of hydrogen-bond acceptors (Lipinski definition) is 4. The van der Waals surface area contributed by atoms with E-state index in [2.05, 4.69) is 33.7 Å². The average Bonchev–Trinajstić information content (AvgIpc) is 3.25. The van der Waals surface area contributed by atoms with Crippen LogP contribution in [0.4, 0.5) is 5.82 Å². The maximum absolute atomic E-state index is 12.4. The lowest BCUT2D eigenvalue weighted by Crippen LogP contribution is -2.13. The summed E-state index contributed by atoms with van der Waals surface area (Å²) >= 11 is 0. The van der Waals surface area contributed by atoms with Gasteiger partial charge in [-0.25, -0.2) is 9.97 Å². The summed E-state index contributed by atoms with van der Waals surface area (Å²) in [5, 5.41) is 3.85. The maximum Gasteiger partial charge on any atom is 0.292 e. The molecule has 0 atom stereocenters. The van der Waals surface area contributed by atoms with Gasteiger partial charge in [0.15, 0.2) is 11.6 Å². The third-order valence-electron chi connectivity index (χ3n) is 3.99. The zero-order valence-electron chi connectivity index (χ0n) is 14.1. The van der Waals surface area contributed by atoms with Crippen LogP contribution in [0.5, 0.6) is 0 Å².